The molecule has 4 heteroatoms. The Kier molecular flexibility index (Phi) is 2.75. The Hall–Kier alpha value is -0.540. The number of aromatic nitrogens is 2. The number of halogens is 1. The second-order valence-electron chi connectivity index (χ2n) is 3.22. The number of rotatable bonds is 2. The Morgan fingerprint density at radius 1 is 1.50 bits per heavy atom. The molecule has 0 fully saturated rings. The summed E-state index contributed by atoms with van der Waals surface area (Å²) in [6.45, 7) is 2.82. The molecule has 0 unspecified atom stereocenters. The van der Waals surface area contributed by atoms with E-state index in [9.17, 15) is 0 Å². The molecule has 3 nitrogen and oxygen atoms in total. The standard InChI is InChI=1S/C8H14ClN3/c1-6-7(5-11(2)3)8(9)12(4)10-6/h5H2,1-4H3. The Labute approximate surface area is 77.9 Å². The van der Waals surface area contributed by atoms with E-state index in [1.165, 1.54) is 0 Å². The van der Waals surface area contributed by atoms with Crippen molar-refractivity contribution in [3.8, 4) is 0 Å². The number of hydrogen-bond acceptors (Lipinski definition) is 2. The maximum Gasteiger partial charge on any atom is 0.131 e. The van der Waals surface area contributed by atoms with E-state index in [4.69, 9.17) is 11.6 Å². The second kappa shape index (κ2) is 3.46. The average molecular weight is 188 g/mol. The van der Waals surface area contributed by atoms with Gasteiger partial charge in [-0.2, -0.15) is 5.10 Å². The van der Waals surface area contributed by atoms with Gasteiger partial charge in [0.2, 0.25) is 0 Å². The highest BCUT2D eigenvalue weighted by Gasteiger charge is 2.10. The molecule has 1 rings (SSSR count). The molecule has 0 radical (unpaired) electrons. The van der Waals surface area contributed by atoms with Gasteiger partial charge in [0.15, 0.2) is 0 Å². The van der Waals surface area contributed by atoms with Crippen molar-refractivity contribution in [2.45, 2.75) is 13.5 Å². The first-order valence-electron chi connectivity index (χ1n) is 3.85. The van der Waals surface area contributed by atoms with Gasteiger partial charge in [-0.15, -0.1) is 0 Å². The molecule has 1 aromatic heterocycles. The summed E-state index contributed by atoms with van der Waals surface area (Å²) in [5.74, 6) is 0. The summed E-state index contributed by atoms with van der Waals surface area (Å²) in [6.07, 6.45) is 0. The monoisotopic (exact) mass is 187 g/mol. The van der Waals surface area contributed by atoms with Crippen molar-refractivity contribution in [2.24, 2.45) is 7.05 Å². The van der Waals surface area contributed by atoms with Crippen molar-refractivity contribution in [2.75, 3.05) is 14.1 Å². The molecular formula is C8H14ClN3. The molecule has 0 aliphatic rings. The van der Waals surface area contributed by atoms with Gasteiger partial charge in [0.25, 0.3) is 0 Å². The van der Waals surface area contributed by atoms with Crippen LogP contribution in [0.5, 0.6) is 0 Å². The van der Waals surface area contributed by atoms with E-state index in [0.29, 0.717) is 0 Å². The van der Waals surface area contributed by atoms with Crippen molar-refractivity contribution in [1.29, 1.82) is 0 Å². The van der Waals surface area contributed by atoms with Gasteiger partial charge < -0.3 is 4.90 Å². The van der Waals surface area contributed by atoms with Crippen LogP contribution in [0.1, 0.15) is 11.3 Å². The third-order valence-corrected chi connectivity index (χ3v) is 2.22. The normalized spacial score (nSPS) is 11.2. The summed E-state index contributed by atoms with van der Waals surface area (Å²) in [5, 5.41) is 4.96. The highest BCUT2D eigenvalue weighted by molar-refractivity contribution is 6.30. The molecule has 1 aromatic rings. The highest BCUT2D eigenvalue weighted by atomic mass is 35.5. The van der Waals surface area contributed by atoms with E-state index in [1.54, 1.807) is 4.68 Å². The first-order chi connectivity index (χ1) is 5.52. The zero-order chi connectivity index (χ0) is 9.30. The van der Waals surface area contributed by atoms with Gasteiger partial charge in [0, 0.05) is 19.2 Å². The Morgan fingerprint density at radius 3 is 2.42 bits per heavy atom. The largest absolute Gasteiger partial charge is 0.305 e. The van der Waals surface area contributed by atoms with E-state index < -0.39 is 0 Å². The van der Waals surface area contributed by atoms with Crippen LogP contribution in [0.3, 0.4) is 0 Å². The zero-order valence-electron chi connectivity index (χ0n) is 7.93. The summed E-state index contributed by atoms with van der Waals surface area (Å²) in [6, 6.07) is 0. The Bertz CT molecular complexity index is 278. The minimum Gasteiger partial charge on any atom is -0.305 e. The van der Waals surface area contributed by atoms with Crippen LogP contribution < -0.4 is 0 Å². The average Bonchev–Trinajstić information content (AvgIpc) is 2.16. The van der Waals surface area contributed by atoms with Crippen LogP contribution in [-0.4, -0.2) is 28.8 Å². The van der Waals surface area contributed by atoms with Crippen LogP contribution in [0, 0.1) is 6.92 Å². The molecule has 0 spiro atoms. The lowest BCUT2D eigenvalue weighted by Crippen LogP contribution is -2.11. The third kappa shape index (κ3) is 1.79. The molecule has 68 valence electrons. The molecule has 1 heterocycles. The fourth-order valence-electron chi connectivity index (χ4n) is 1.17. The topological polar surface area (TPSA) is 21.1 Å². The molecule has 0 bridgehead atoms. The molecule has 0 aromatic carbocycles. The predicted octanol–water partition coefficient (Wildman–Crippen LogP) is 1.44. The molecule has 0 aliphatic heterocycles. The van der Waals surface area contributed by atoms with Crippen molar-refractivity contribution >= 4 is 11.6 Å². The van der Waals surface area contributed by atoms with Crippen molar-refractivity contribution in [3.05, 3.63) is 16.4 Å². The minimum absolute atomic E-state index is 0.737. The first kappa shape index (κ1) is 9.55. The fourth-order valence-corrected chi connectivity index (χ4v) is 1.40. The summed E-state index contributed by atoms with van der Waals surface area (Å²) in [5.41, 5.74) is 2.13. The van der Waals surface area contributed by atoms with Gasteiger partial charge >= 0.3 is 0 Å². The summed E-state index contributed by atoms with van der Waals surface area (Å²) in [4.78, 5) is 2.08. The number of hydrogen-bond donors (Lipinski definition) is 0. The van der Waals surface area contributed by atoms with Gasteiger partial charge in [-0.3, -0.25) is 4.68 Å². The molecule has 0 saturated carbocycles. The van der Waals surface area contributed by atoms with Crippen molar-refractivity contribution < 1.29 is 0 Å². The molecule has 0 aliphatic carbocycles. The molecule has 0 atom stereocenters. The predicted molar refractivity (Wildman–Crippen MR) is 50.3 cm³/mol. The Balaban J connectivity index is 2.97. The maximum absolute atomic E-state index is 6.03. The van der Waals surface area contributed by atoms with Gasteiger partial charge in [-0.1, -0.05) is 11.6 Å². The van der Waals surface area contributed by atoms with Gasteiger partial charge in [0.1, 0.15) is 5.15 Å². The lowest BCUT2D eigenvalue weighted by Gasteiger charge is -2.08. The summed E-state index contributed by atoms with van der Waals surface area (Å²) >= 11 is 6.03. The number of nitrogens with zero attached hydrogens (tertiary/aromatic N) is 3. The van der Waals surface area contributed by atoms with Crippen LogP contribution in [0.4, 0.5) is 0 Å². The van der Waals surface area contributed by atoms with Crippen LogP contribution in [0.2, 0.25) is 5.15 Å². The van der Waals surface area contributed by atoms with Crippen molar-refractivity contribution in [1.82, 2.24) is 14.7 Å². The van der Waals surface area contributed by atoms with E-state index in [-0.39, 0.29) is 0 Å². The maximum atomic E-state index is 6.03. The fraction of sp³-hybridized carbons (Fsp3) is 0.625. The summed E-state index contributed by atoms with van der Waals surface area (Å²) in [7, 11) is 5.89. The van der Waals surface area contributed by atoms with Crippen LogP contribution in [0.15, 0.2) is 0 Å². The lowest BCUT2D eigenvalue weighted by atomic mass is 10.2. The van der Waals surface area contributed by atoms with E-state index in [0.717, 1.165) is 23.0 Å². The molecule has 0 amide bonds. The Morgan fingerprint density at radius 2 is 2.08 bits per heavy atom. The molecule has 12 heavy (non-hydrogen) atoms. The van der Waals surface area contributed by atoms with Crippen LogP contribution in [-0.2, 0) is 13.6 Å². The molecule has 0 saturated heterocycles. The summed E-state index contributed by atoms with van der Waals surface area (Å²) < 4.78 is 1.70. The van der Waals surface area contributed by atoms with Gasteiger partial charge in [0.05, 0.1) is 5.69 Å². The van der Waals surface area contributed by atoms with E-state index in [1.807, 2.05) is 28.1 Å². The van der Waals surface area contributed by atoms with Gasteiger partial charge in [-0.05, 0) is 21.0 Å². The lowest BCUT2D eigenvalue weighted by molar-refractivity contribution is 0.401. The highest BCUT2D eigenvalue weighted by Crippen LogP contribution is 2.19. The number of aryl methyl sites for hydroxylation is 2. The first-order valence-corrected chi connectivity index (χ1v) is 4.23. The van der Waals surface area contributed by atoms with Gasteiger partial charge in [-0.25, -0.2) is 0 Å². The van der Waals surface area contributed by atoms with Crippen LogP contribution in [0.25, 0.3) is 0 Å². The third-order valence-electron chi connectivity index (χ3n) is 1.74. The second-order valence-corrected chi connectivity index (χ2v) is 3.57. The van der Waals surface area contributed by atoms with E-state index >= 15 is 0 Å². The van der Waals surface area contributed by atoms with E-state index in [2.05, 4.69) is 10.00 Å². The molecular weight excluding hydrogens is 174 g/mol. The minimum atomic E-state index is 0.737. The zero-order valence-corrected chi connectivity index (χ0v) is 8.68. The SMILES string of the molecule is Cc1nn(C)c(Cl)c1CN(C)C. The van der Waals surface area contributed by atoms with Crippen LogP contribution >= 0.6 is 11.6 Å². The van der Waals surface area contributed by atoms with Crippen molar-refractivity contribution in [3.63, 3.8) is 0 Å². The smallest absolute Gasteiger partial charge is 0.131 e. The molecule has 0 N–H and O–H groups in total. The quantitative estimate of drug-likeness (QED) is 0.699.